The summed E-state index contributed by atoms with van der Waals surface area (Å²) in [4.78, 5) is 38.9. The Morgan fingerprint density at radius 1 is 0.857 bits per heavy atom. The van der Waals surface area contributed by atoms with E-state index < -0.39 is 17.3 Å². The number of hydrogen-bond donors (Lipinski definition) is 3. The molecule has 11 heteroatoms. The predicted molar refractivity (Wildman–Crippen MR) is 176 cm³/mol. The lowest BCUT2D eigenvalue weighted by molar-refractivity contribution is -0.122. The number of alkyl carbamates (subject to hydrolysis) is 1. The molecule has 42 heavy (non-hydrogen) atoms. The largest absolute Gasteiger partial charge is 0.444 e. The van der Waals surface area contributed by atoms with E-state index in [1.165, 1.54) is 0 Å². The lowest BCUT2D eigenvalue weighted by Crippen LogP contribution is -2.40. The first-order chi connectivity index (χ1) is 19.6. The molecule has 2 atom stereocenters. The first kappa shape index (κ1) is 37.9. The molecule has 0 aromatic heterocycles. The molecule has 0 spiro atoms. The van der Waals surface area contributed by atoms with E-state index in [9.17, 15) is 14.4 Å². The molecular formula is C31H54N4O5S2. The van der Waals surface area contributed by atoms with Gasteiger partial charge in [-0.2, -0.15) is 23.5 Å². The van der Waals surface area contributed by atoms with Gasteiger partial charge in [0.1, 0.15) is 11.2 Å². The molecule has 0 saturated heterocycles. The van der Waals surface area contributed by atoms with Gasteiger partial charge in [-0.05, 0) is 71.9 Å². The van der Waals surface area contributed by atoms with Crippen molar-refractivity contribution in [1.29, 1.82) is 0 Å². The molecule has 0 aliphatic heterocycles. The van der Waals surface area contributed by atoms with Crippen molar-refractivity contribution in [2.45, 2.75) is 78.9 Å². The molecule has 3 amide bonds. The van der Waals surface area contributed by atoms with Gasteiger partial charge in [-0.1, -0.05) is 31.2 Å². The minimum absolute atomic E-state index is 0.0101. The summed E-state index contributed by atoms with van der Waals surface area (Å²) in [6.45, 7) is 18.1. The van der Waals surface area contributed by atoms with Crippen molar-refractivity contribution in [3.05, 3.63) is 35.4 Å². The Kier molecular flexibility index (Phi) is 17.4. The molecular weight excluding hydrogens is 572 g/mol. The molecule has 240 valence electrons. The van der Waals surface area contributed by atoms with Crippen LogP contribution >= 0.6 is 23.5 Å². The third-order valence-corrected chi connectivity index (χ3v) is 7.85. The quantitative estimate of drug-likeness (QED) is 0.200. The van der Waals surface area contributed by atoms with Crippen LogP contribution in [0.4, 0.5) is 9.59 Å². The van der Waals surface area contributed by atoms with Gasteiger partial charge in [0.25, 0.3) is 0 Å². The lowest BCUT2D eigenvalue weighted by Gasteiger charge is -2.29. The van der Waals surface area contributed by atoms with Crippen LogP contribution in [0.3, 0.4) is 0 Å². The summed E-state index contributed by atoms with van der Waals surface area (Å²) in [6, 6.07) is 8.16. The Morgan fingerprint density at radius 3 is 2.00 bits per heavy atom. The lowest BCUT2D eigenvalue weighted by atomic mass is 9.95. The average molecular weight is 627 g/mol. The van der Waals surface area contributed by atoms with Crippen LogP contribution < -0.4 is 16.4 Å². The van der Waals surface area contributed by atoms with Crippen LogP contribution in [0.5, 0.6) is 0 Å². The van der Waals surface area contributed by atoms with Crippen LogP contribution in [0, 0.1) is 5.92 Å². The summed E-state index contributed by atoms with van der Waals surface area (Å²) in [5.74, 6) is 3.16. The highest BCUT2D eigenvalue weighted by Crippen LogP contribution is 2.19. The number of thioether (sulfide) groups is 2. The molecule has 0 bridgehead atoms. The Balaban J connectivity index is 2.48. The van der Waals surface area contributed by atoms with Gasteiger partial charge in [0.2, 0.25) is 5.91 Å². The Hall–Kier alpha value is -2.11. The molecule has 4 N–H and O–H groups in total. The standard InChI is InChI=1S/C31H54N4O5S2/c1-23(22-35(16-20-41-17-13-32)29(38)40-31(6,7)8)21-25-9-11-26(12-10-25)24(2)27(36)33-14-18-42-19-15-34-28(37)39-30(3,4)5/h9-12,23-24H,13-22,32H2,1-8H3,(H,33,36)(H,34,37). The summed E-state index contributed by atoms with van der Waals surface area (Å²) in [5, 5.41) is 5.73. The highest BCUT2D eigenvalue weighted by atomic mass is 32.2. The van der Waals surface area contributed by atoms with Crippen LogP contribution in [-0.2, 0) is 20.7 Å². The number of amides is 3. The summed E-state index contributed by atoms with van der Waals surface area (Å²) < 4.78 is 10.9. The van der Waals surface area contributed by atoms with Gasteiger partial charge in [-0.15, -0.1) is 0 Å². The monoisotopic (exact) mass is 626 g/mol. The van der Waals surface area contributed by atoms with Gasteiger partial charge < -0.3 is 30.7 Å². The van der Waals surface area contributed by atoms with E-state index in [-0.39, 0.29) is 23.8 Å². The van der Waals surface area contributed by atoms with Gasteiger partial charge in [0, 0.05) is 55.7 Å². The van der Waals surface area contributed by atoms with Crippen molar-refractivity contribution >= 4 is 41.6 Å². The van der Waals surface area contributed by atoms with E-state index in [4.69, 9.17) is 15.2 Å². The van der Waals surface area contributed by atoms with Gasteiger partial charge in [0.15, 0.2) is 0 Å². The Morgan fingerprint density at radius 2 is 1.43 bits per heavy atom. The van der Waals surface area contributed by atoms with Crippen LogP contribution in [0.1, 0.15) is 72.4 Å². The SMILES string of the molecule is CC(Cc1ccc(C(C)C(=O)NCCSCCNC(=O)OC(C)(C)C)cc1)CN(CCSCCN)C(=O)OC(C)(C)C. The molecule has 9 nitrogen and oxygen atoms in total. The highest BCUT2D eigenvalue weighted by molar-refractivity contribution is 7.99. The zero-order chi connectivity index (χ0) is 31.8. The number of ether oxygens (including phenoxy) is 2. The van der Waals surface area contributed by atoms with Crippen LogP contribution in [0.2, 0.25) is 0 Å². The number of nitrogens with two attached hydrogens (primary N) is 1. The fourth-order valence-corrected chi connectivity index (χ4v) is 5.34. The summed E-state index contributed by atoms with van der Waals surface area (Å²) in [7, 11) is 0. The number of hydrogen-bond acceptors (Lipinski definition) is 8. The molecule has 2 unspecified atom stereocenters. The molecule has 1 rings (SSSR count). The molecule has 0 radical (unpaired) electrons. The first-order valence-corrected chi connectivity index (χ1v) is 17.1. The molecule has 0 saturated carbocycles. The van der Waals surface area contributed by atoms with Gasteiger partial charge in [0.05, 0.1) is 5.92 Å². The Bertz CT molecular complexity index is 948. The fraction of sp³-hybridized carbons (Fsp3) is 0.710. The topological polar surface area (TPSA) is 123 Å². The number of nitrogens with zero attached hydrogens (tertiary/aromatic N) is 1. The minimum Gasteiger partial charge on any atom is -0.444 e. The molecule has 1 aromatic carbocycles. The van der Waals surface area contributed by atoms with Crippen molar-refractivity contribution < 1.29 is 23.9 Å². The second-order valence-corrected chi connectivity index (χ2v) is 14.9. The molecule has 0 aliphatic carbocycles. The zero-order valence-corrected chi connectivity index (χ0v) is 28.6. The average Bonchev–Trinajstić information content (AvgIpc) is 2.87. The van der Waals surface area contributed by atoms with Crippen molar-refractivity contribution in [1.82, 2.24) is 15.5 Å². The second-order valence-electron chi connectivity index (χ2n) is 12.4. The minimum atomic E-state index is -0.540. The fourth-order valence-electron chi connectivity index (χ4n) is 3.92. The first-order valence-electron chi connectivity index (χ1n) is 14.8. The van der Waals surface area contributed by atoms with Gasteiger partial charge in [-0.3, -0.25) is 4.79 Å². The number of carbonyl (C=O) groups is 3. The molecule has 0 heterocycles. The normalized spacial score (nSPS) is 13.2. The molecule has 0 aliphatic rings. The van der Waals surface area contributed by atoms with Crippen LogP contribution in [-0.4, -0.2) is 89.9 Å². The molecule has 0 fully saturated rings. The van der Waals surface area contributed by atoms with Crippen molar-refractivity contribution in [2.24, 2.45) is 11.7 Å². The van der Waals surface area contributed by atoms with E-state index in [1.54, 1.807) is 28.4 Å². The maximum absolute atomic E-state index is 12.8. The highest BCUT2D eigenvalue weighted by Gasteiger charge is 2.24. The van der Waals surface area contributed by atoms with Crippen molar-refractivity contribution in [3.63, 3.8) is 0 Å². The van der Waals surface area contributed by atoms with E-state index in [2.05, 4.69) is 29.7 Å². The number of rotatable bonds is 17. The third kappa shape index (κ3) is 17.8. The number of benzene rings is 1. The number of nitrogens with one attached hydrogen (secondary N) is 2. The maximum atomic E-state index is 12.8. The van der Waals surface area contributed by atoms with E-state index in [0.29, 0.717) is 32.7 Å². The third-order valence-electron chi connectivity index (χ3n) is 5.87. The van der Waals surface area contributed by atoms with Crippen LogP contribution in [0.25, 0.3) is 0 Å². The summed E-state index contributed by atoms with van der Waals surface area (Å²) in [5.41, 5.74) is 6.68. The van der Waals surface area contributed by atoms with Crippen LogP contribution in [0.15, 0.2) is 24.3 Å². The van der Waals surface area contributed by atoms with Crippen molar-refractivity contribution in [3.8, 4) is 0 Å². The van der Waals surface area contributed by atoms with Crippen molar-refractivity contribution in [2.75, 3.05) is 55.7 Å². The second kappa shape index (κ2) is 19.2. The smallest absolute Gasteiger partial charge is 0.410 e. The van der Waals surface area contributed by atoms with E-state index >= 15 is 0 Å². The zero-order valence-electron chi connectivity index (χ0n) is 26.9. The maximum Gasteiger partial charge on any atom is 0.410 e. The van der Waals surface area contributed by atoms with Gasteiger partial charge in [-0.25, -0.2) is 9.59 Å². The molecule has 1 aromatic rings. The summed E-state index contributed by atoms with van der Waals surface area (Å²) >= 11 is 3.40. The van der Waals surface area contributed by atoms with Gasteiger partial charge >= 0.3 is 12.2 Å². The Labute approximate surface area is 262 Å². The predicted octanol–water partition coefficient (Wildman–Crippen LogP) is 5.27. The summed E-state index contributed by atoms with van der Waals surface area (Å²) in [6.07, 6.45) is 0.117. The number of carbonyl (C=O) groups excluding carboxylic acids is 3. The van der Waals surface area contributed by atoms with E-state index in [0.717, 1.165) is 40.6 Å². The van der Waals surface area contributed by atoms with E-state index in [1.807, 2.05) is 60.6 Å².